The number of carbonyl (C=O) groups is 2. The molecular formula is C14H12N2O4. The predicted octanol–water partition coefficient (Wildman–Crippen LogP) is 1.83. The summed E-state index contributed by atoms with van der Waals surface area (Å²) >= 11 is 0. The first-order chi connectivity index (χ1) is 9.61. The molecule has 6 nitrogen and oxygen atoms in total. The van der Waals surface area contributed by atoms with Crippen LogP contribution in [0.5, 0.6) is 5.75 Å². The molecule has 20 heavy (non-hydrogen) atoms. The van der Waals surface area contributed by atoms with E-state index in [1.165, 1.54) is 37.7 Å². The highest BCUT2D eigenvalue weighted by atomic mass is 16.5. The molecule has 0 aliphatic rings. The molecule has 0 fully saturated rings. The second-order valence-electron chi connectivity index (χ2n) is 3.92. The fourth-order valence-electron chi connectivity index (χ4n) is 1.58. The Hall–Kier alpha value is -2.89. The molecule has 0 spiro atoms. The summed E-state index contributed by atoms with van der Waals surface area (Å²) in [5.74, 6) is -1.11. The van der Waals surface area contributed by atoms with Crippen LogP contribution >= 0.6 is 0 Å². The summed E-state index contributed by atoms with van der Waals surface area (Å²) in [4.78, 5) is 26.9. The van der Waals surface area contributed by atoms with E-state index in [9.17, 15) is 14.7 Å². The quantitative estimate of drug-likeness (QED) is 0.832. The lowest BCUT2D eigenvalue weighted by Gasteiger charge is -2.07. The molecule has 1 amide bonds. The van der Waals surface area contributed by atoms with Gasteiger partial charge < -0.3 is 15.2 Å². The highest BCUT2D eigenvalue weighted by molar-refractivity contribution is 6.06. The molecule has 1 aromatic heterocycles. The topological polar surface area (TPSA) is 88.5 Å². The Kier molecular flexibility index (Phi) is 3.95. The Balaban J connectivity index is 2.13. The first kappa shape index (κ1) is 13.5. The summed E-state index contributed by atoms with van der Waals surface area (Å²) in [6.45, 7) is 0. The molecule has 0 bridgehead atoms. The predicted molar refractivity (Wildman–Crippen MR) is 71.6 cm³/mol. The van der Waals surface area contributed by atoms with Gasteiger partial charge in [-0.05, 0) is 30.3 Å². The number of hydrogen-bond donors (Lipinski definition) is 2. The van der Waals surface area contributed by atoms with Crippen LogP contribution in [0.3, 0.4) is 0 Å². The molecular weight excluding hydrogens is 260 g/mol. The van der Waals surface area contributed by atoms with Crippen LogP contribution in [-0.4, -0.2) is 29.1 Å². The number of nitrogens with one attached hydrogen (secondary N) is 1. The van der Waals surface area contributed by atoms with E-state index in [0.29, 0.717) is 11.3 Å². The molecule has 2 rings (SSSR count). The fourth-order valence-corrected chi connectivity index (χ4v) is 1.58. The number of anilines is 1. The van der Waals surface area contributed by atoms with Crippen molar-refractivity contribution in [2.24, 2.45) is 0 Å². The molecule has 0 saturated heterocycles. The second kappa shape index (κ2) is 5.83. The minimum atomic E-state index is -0.462. The monoisotopic (exact) mass is 272 g/mol. The summed E-state index contributed by atoms with van der Waals surface area (Å²) in [6.07, 6.45) is 2.60. The Morgan fingerprint density at radius 3 is 2.50 bits per heavy atom. The number of ether oxygens (including phenoxy) is 1. The average Bonchev–Trinajstić information content (AvgIpc) is 2.47. The third-order valence-electron chi connectivity index (χ3n) is 2.61. The number of nitrogens with zero attached hydrogens (tertiary/aromatic N) is 1. The third kappa shape index (κ3) is 2.92. The van der Waals surface area contributed by atoms with E-state index >= 15 is 0 Å². The molecule has 6 heteroatoms. The summed E-state index contributed by atoms with van der Waals surface area (Å²) < 4.78 is 4.58. The minimum absolute atomic E-state index is 0.122. The molecule has 1 heterocycles. The first-order valence-electron chi connectivity index (χ1n) is 5.74. The van der Waals surface area contributed by atoms with Gasteiger partial charge in [0.2, 0.25) is 0 Å². The maximum Gasteiger partial charge on any atom is 0.337 e. The van der Waals surface area contributed by atoms with Crippen molar-refractivity contribution in [3.63, 3.8) is 0 Å². The molecule has 0 atom stereocenters. The molecule has 102 valence electrons. The summed E-state index contributed by atoms with van der Waals surface area (Å²) in [6, 6.07) is 7.62. The number of rotatable bonds is 3. The number of esters is 1. The van der Waals surface area contributed by atoms with Crippen molar-refractivity contribution in [2.75, 3.05) is 12.4 Å². The van der Waals surface area contributed by atoms with Gasteiger partial charge in [-0.25, -0.2) is 4.79 Å². The number of benzene rings is 1. The van der Waals surface area contributed by atoms with Crippen molar-refractivity contribution in [1.82, 2.24) is 4.98 Å². The van der Waals surface area contributed by atoms with Gasteiger partial charge in [0.05, 0.1) is 24.4 Å². The number of amides is 1. The smallest absolute Gasteiger partial charge is 0.337 e. The highest BCUT2D eigenvalue weighted by Gasteiger charge is 2.11. The van der Waals surface area contributed by atoms with E-state index in [1.54, 1.807) is 12.1 Å². The highest BCUT2D eigenvalue weighted by Crippen LogP contribution is 2.17. The normalized spacial score (nSPS) is 9.85. The van der Waals surface area contributed by atoms with E-state index in [1.807, 2.05) is 0 Å². The number of aromatic nitrogens is 1. The van der Waals surface area contributed by atoms with Gasteiger partial charge >= 0.3 is 5.97 Å². The van der Waals surface area contributed by atoms with Gasteiger partial charge in [-0.2, -0.15) is 0 Å². The van der Waals surface area contributed by atoms with Crippen LogP contribution in [0.25, 0.3) is 0 Å². The maximum absolute atomic E-state index is 11.9. The molecule has 0 aliphatic carbocycles. The third-order valence-corrected chi connectivity index (χ3v) is 2.61. The van der Waals surface area contributed by atoms with E-state index in [2.05, 4.69) is 15.0 Å². The average molecular weight is 272 g/mol. The zero-order valence-corrected chi connectivity index (χ0v) is 10.7. The van der Waals surface area contributed by atoms with Crippen LogP contribution in [0.15, 0.2) is 42.7 Å². The number of pyridine rings is 1. The Labute approximate surface area is 115 Å². The minimum Gasteiger partial charge on any atom is -0.505 e. The molecule has 2 N–H and O–H groups in total. The summed E-state index contributed by atoms with van der Waals surface area (Å²) in [5, 5.41) is 12.1. The van der Waals surface area contributed by atoms with Crippen molar-refractivity contribution in [3.8, 4) is 5.75 Å². The van der Waals surface area contributed by atoms with Crippen LogP contribution in [0.2, 0.25) is 0 Å². The van der Waals surface area contributed by atoms with Gasteiger partial charge in [-0.3, -0.25) is 9.78 Å². The SMILES string of the molecule is COC(=O)c1ccc(NC(=O)c2ccncc2O)cc1. The van der Waals surface area contributed by atoms with E-state index in [0.717, 1.165) is 0 Å². The van der Waals surface area contributed by atoms with Gasteiger partial charge in [0, 0.05) is 11.9 Å². The largest absolute Gasteiger partial charge is 0.505 e. The lowest BCUT2D eigenvalue weighted by atomic mass is 10.2. The molecule has 0 radical (unpaired) electrons. The number of methoxy groups -OCH3 is 1. The van der Waals surface area contributed by atoms with Gasteiger partial charge in [0.25, 0.3) is 5.91 Å². The molecule has 0 unspecified atom stereocenters. The standard InChI is InChI=1S/C14H12N2O4/c1-20-14(19)9-2-4-10(5-3-9)16-13(18)11-6-7-15-8-12(11)17/h2-8,17H,1H3,(H,16,18). The Morgan fingerprint density at radius 2 is 1.90 bits per heavy atom. The fraction of sp³-hybridized carbons (Fsp3) is 0.0714. The zero-order chi connectivity index (χ0) is 14.5. The van der Waals surface area contributed by atoms with Gasteiger partial charge in [-0.1, -0.05) is 0 Å². The van der Waals surface area contributed by atoms with Crippen molar-refractivity contribution >= 4 is 17.6 Å². The molecule has 0 aliphatic heterocycles. The van der Waals surface area contributed by atoms with E-state index in [4.69, 9.17) is 0 Å². The van der Waals surface area contributed by atoms with Crippen molar-refractivity contribution in [1.29, 1.82) is 0 Å². The summed E-state index contributed by atoms with van der Waals surface area (Å²) in [5.41, 5.74) is 1.01. The van der Waals surface area contributed by atoms with E-state index < -0.39 is 11.9 Å². The van der Waals surface area contributed by atoms with Crippen molar-refractivity contribution in [3.05, 3.63) is 53.9 Å². The number of carbonyl (C=O) groups excluding carboxylic acids is 2. The van der Waals surface area contributed by atoms with Gasteiger partial charge in [-0.15, -0.1) is 0 Å². The van der Waals surface area contributed by atoms with Crippen molar-refractivity contribution in [2.45, 2.75) is 0 Å². The lowest BCUT2D eigenvalue weighted by molar-refractivity contribution is 0.0600. The van der Waals surface area contributed by atoms with Crippen LogP contribution in [0, 0.1) is 0 Å². The van der Waals surface area contributed by atoms with Crippen molar-refractivity contribution < 1.29 is 19.4 Å². The molecule has 1 aromatic carbocycles. The van der Waals surface area contributed by atoms with Crippen LogP contribution in [0.4, 0.5) is 5.69 Å². The van der Waals surface area contributed by atoms with Gasteiger partial charge in [0.15, 0.2) is 0 Å². The molecule has 2 aromatic rings. The van der Waals surface area contributed by atoms with Crippen LogP contribution < -0.4 is 5.32 Å². The number of hydrogen-bond acceptors (Lipinski definition) is 5. The van der Waals surface area contributed by atoms with Crippen LogP contribution in [-0.2, 0) is 4.74 Å². The van der Waals surface area contributed by atoms with Gasteiger partial charge in [0.1, 0.15) is 5.75 Å². The lowest BCUT2D eigenvalue weighted by Crippen LogP contribution is -2.12. The first-order valence-corrected chi connectivity index (χ1v) is 5.74. The summed E-state index contributed by atoms with van der Waals surface area (Å²) in [7, 11) is 1.30. The zero-order valence-electron chi connectivity index (χ0n) is 10.7. The van der Waals surface area contributed by atoms with Crippen LogP contribution in [0.1, 0.15) is 20.7 Å². The second-order valence-corrected chi connectivity index (χ2v) is 3.92. The Bertz CT molecular complexity index is 638. The van der Waals surface area contributed by atoms with E-state index in [-0.39, 0.29) is 11.3 Å². The Morgan fingerprint density at radius 1 is 1.20 bits per heavy atom. The molecule has 0 saturated carbocycles. The maximum atomic E-state index is 11.9. The number of aromatic hydroxyl groups is 1.